The highest BCUT2D eigenvalue weighted by Gasteiger charge is 2.59. The number of unbranched alkanes of at least 4 members (excludes halogenated alkanes) is 3. The predicted molar refractivity (Wildman–Crippen MR) is 189 cm³/mol. The molecular weight excluding hydrogens is 594 g/mol. The second kappa shape index (κ2) is 16.2. The first kappa shape index (κ1) is 37.1. The number of hydrogen-bond acceptors (Lipinski definition) is 7. The summed E-state index contributed by atoms with van der Waals surface area (Å²) in [6, 6.07) is 0. The number of fused-ring (bicyclic) bond motifs is 5. The van der Waals surface area contributed by atoms with E-state index >= 15 is 0 Å². The topological polar surface area (TPSA) is 105 Å². The van der Waals surface area contributed by atoms with Crippen molar-refractivity contribution in [3.05, 3.63) is 11.6 Å². The lowest BCUT2D eigenvalue weighted by Gasteiger charge is -2.58. The van der Waals surface area contributed by atoms with Crippen molar-refractivity contribution in [2.24, 2.45) is 52.1 Å². The molecule has 4 aliphatic carbocycles. The Morgan fingerprint density at radius 1 is 0.913 bits per heavy atom. The van der Waals surface area contributed by atoms with Gasteiger partial charge in [-0.25, -0.2) is 0 Å². The summed E-state index contributed by atoms with van der Waals surface area (Å²) >= 11 is 1.51. The molecule has 6 nitrogen and oxygen atoms in total. The van der Waals surface area contributed by atoms with Crippen molar-refractivity contribution in [2.75, 3.05) is 18.9 Å². The van der Waals surface area contributed by atoms with Crippen molar-refractivity contribution in [2.45, 2.75) is 167 Å². The Balaban J connectivity index is 1.02. The van der Waals surface area contributed by atoms with Gasteiger partial charge in [0.2, 0.25) is 0 Å². The molecule has 0 aromatic rings. The van der Waals surface area contributed by atoms with Gasteiger partial charge in [0.05, 0.1) is 12.2 Å². The van der Waals surface area contributed by atoms with E-state index in [0.29, 0.717) is 16.9 Å². The second-order valence-corrected chi connectivity index (χ2v) is 18.3. The standard InChI is InChI=1S/C39H69NO5S/c1-25(2)11-10-12-26(3)30-15-16-31-29-14-13-27-23-28(17-19-38(27,4)32(29)18-20-39(30,31)5)44-21-8-6-7-9-22-46-37-36(43)35(42)34(41)33(24-40)45-37/h13,25-26,28-37,41-43H,6-12,14-24,40H2,1-5H3/t26-,28?,29?,30-,31?,32?,33-,34-,35+,36+,37+,38+,39-/m1/s1. The minimum atomic E-state index is -1.21. The Bertz CT molecular complexity index is 991. The van der Waals surface area contributed by atoms with Gasteiger partial charge in [0.15, 0.2) is 0 Å². The highest BCUT2D eigenvalue weighted by atomic mass is 32.2. The molecule has 46 heavy (non-hydrogen) atoms. The average Bonchev–Trinajstić information content (AvgIpc) is 3.39. The molecule has 0 radical (unpaired) electrons. The van der Waals surface area contributed by atoms with Crippen LogP contribution in [0.15, 0.2) is 11.6 Å². The molecule has 0 spiro atoms. The van der Waals surface area contributed by atoms with E-state index in [9.17, 15) is 15.3 Å². The fourth-order valence-electron chi connectivity index (χ4n) is 11.1. The van der Waals surface area contributed by atoms with Gasteiger partial charge in [-0.1, -0.05) is 78.4 Å². The van der Waals surface area contributed by atoms with Crippen molar-refractivity contribution in [1.82, 2.24) is 0 Å². The van der Waals surface area contributed by atoms with Gasteiger partial charge in [-0.2, -0.15) is 0 Å². The molecule has 4 unspecified atom stereocenters. The zero-order valence-electron chi connectivity index (χ0n) is 29.9. The Hall–Kier alpha value is -0.150. The van der Waals surface area contributed by atoms with Crippen LogP contribution in [0.3, 0.4) is 0 Å². The number of aliphatic hydroxyl groups excluding tert-OH is 3. The SMILES string of the molecule is CC(C)CCC[C@@H](C)[C@H]1CCC2C3CC=C4CC(OCCCCCCS[C@@H]5O[C@H](CN)[C@@H](O)[C@H](O)[C@@H]5O)CC[C@]4(C)C3CC[C@@]21C. The lowest BCUT2D eigenvalue weighted by atomic mass is 9.47. The van der Waals surface area contributed by atoms with Crippen LogP contribution in [0.1, 0.15) is 131 Å². The quantitative estimate of drug-likeness (QED) is 0.106. The zero-order chi connectivity index (χ0) is 33.1. The third kappa shape index (κ3) is 7.92. The molecule has 0 amide bonds. The maximum atomic E-state index is 10.3. The summed E-state index contributed by atoms with van der Waals surface area (Å²) in [6.07, 6.45) is 18.4. The van der Waals surface area contributed by atoms with Gasteiger partial charge in [0.25, 0.3) is 0 Å². The fourth-order valence-corrected chi connectivity index (χ4v) is 12.2. The minimum absolute atomic E-state index is 0.124. The molecule has 1 aliphatic heterocycles. The predicted octanol–water partition coefficient (Wildman–Crippen LogP) is 7.47. The number of nitrogens with two attached hydrogens (primary N) is 1. The van der Waals surface area contributed by atoms with Crippen LogP contribution in [0.5, 0.6) is 0 Å². The van der Waals surface area contributed by atoms with Crippen LogP contribution in [0, 0.1) is 46.3 Å². The molecule has 5 rings (SSSR count). The summed E-state index contributed by atoms with van der Waals surface area (Å²) < 4.78 is 12.2. The Morgan fingerprint density at radius 3 is 2.46 bits per heavy atom. The first-order chi connectivity index (χ1) is 22.0. The smallest absolute Gasteiger partial charge is 0.132 e. The van der Waals surface area contributed by atoms with Gasteiger partial charge >= 0.3 is 0 Å². The Kier molecular flexibility index (Phi) is 13.1. The molecule has 5 aliphatic rings. The van der Waals surface area contributed by atoms with Gasteiger partial charge in [-0.15, -0.1) is 11.8 Å². The molecule has 4 fully saturated rings. The van der Waals surface area contributed by atoms with E-state index in [1.165, 1.54) is 76.0 Å². The van der Waals surface area contributed by atoms with Crippen LogP contribution in [-0.2, 0) is 9.47 Å². The Labute approximate surface area is 285 Å². The summed E-state index contributed by atoms with van der Waals surface area (Å²) in [4.78, 5) is 0. The van der Waals surface area contributed by atoms with Crippen molar-refractivity contribution in [3.63, 3.8) is 0 Å². The van der Waals surface area contributed by atoms with E-state index in [4.69, 9.17) is 15.2 Å². The van der Waals surface area contributed by atoms with Crippen molar-refractivity contribution in [1.29, 1.82) is 0 Å². The summed E-state index contributed by atoms with van der Waals surface area (Å²) in [5.41, 5.74) is 7.78. The van der Waals surface area contributed by atoms with Crippen LogP contribution < -0.4 is 5.73 Å². The lowest BCUT2D eigenvalue weighted by Crippen LogP contribution is -2.58. The normalized spacial score (nSPS) is 43.1. The van der Waals surface area contributed by atoms with Gasteiger partial charge in [-0.05, 0) is 116 Å². The van der Waals surface area contributed by atoms with E-state index in [2.05, 4.69) is 40.7 Å². The second-order valence-electron chi connectivity index (χ2n) is 17.1. The van der Waals surface area contributed by atoms with Crippen LogP contribution >= 0.6 is 11.8 Å². The van der Waals surface area contributed by atoms with E-state index in [-0.39, 0.29) is 6.54 Å². The number of aliphatic hydroxyl groups is 3. The van der Waals surface area contributed by atoms with Crippen LogP contribution in [0.4, 0.5) is 0 Å². The maximum Gasteiger partial charge on any atom is 0.132 e. The monoisotopic (exact) mass is 663 g/mol. The number of allylic oxidation sites excluding steroid dienone is 1. The van der Waals surface area contributed by atoms with Crippen molar-refractivity contribution in [3.8, 4) is 0 Å². The van der Waals surface area contributed by atoms with Gasteiger partial charge in [-0.3, -0.25) is 0 Å². The first-order valence-corrected chi connectivity index (χ1v) is 20.4. The number of ether oxygens (including phenoxy) is 2. The number of rotatable bonds is 15. The molecule has 5 N–H and O–H groups in total. The van der Waals surface area contributed by atoms with Gasteiger partial charge in [0, 0.05) is 13.2 Å². The summed E-state index contributed by atoms with van der Waals surface area (Å²) in [5.74, 6) is 6.17. The number of thioether (sulfide) groups is 1. The maximum absolute atomic E-state index is 10.3. The Morgan fingerprint density at radius 2 is 1.70 bits per heavy atom. The van der Waals surface area contributed by atoms with Gasteiger partial charge < -0.3 is 30.5 Å². The lowest BCUT2D eigenvalue weighted by molar-refractivity contribution is -0.194. The molecule has 3 saturated carbocycles. The largest absolute Gasteiger partial charge is 0.388 e. The van der Waals surface area contributed by atoms with Crippen LogP contribution in [-0.4, -0.2) is 70.2 Å². The highest BCUT2D eigenvalue weighted by molar-refractivity contribution is 7.99. The first-order valence-electron chi connectivity index (χ1n) is 19.3. The zero-order valence-corrected chi connectivity index (χ0v) is 30.7. The average molecular weight is 664 g/mol. The van der Waals surface area contributed by atoms with E-state index < -0.39 is 29.9 Å². The third-order valence-electron chi connectivity index (χ3n) is 13.8. The molecule has 13 atom stereocenters. The molecule has 0 bridgehead atoms. The molecule has 266 valence electrons. The third-order valence-corrected chi connectivity index (χ3v) is 15.1. The van der Waals surface area contributed by atoms with Crippen molar-refractivity contribution < 1.29 is 24.8 Å². The molecule has 1 heterocycles. The number of hydrogen-bond donors (Lipinski definition) is 4. The summed E-state index contributed by atoms with van der Waals surface area (Å²) in [5, 5.41) is 30.3. The van der Waals surface area contributed by atoms with E-state index in [1.807, 2.05) is 0 Å². The molecule has 0 aromatic carbocycles. The molecular formula is C39H69NO5S. The minimum Gasteiger partial charge on any atom is -0.388 e. The molecule has 0 aromatic heterocycles. The summed E-state index contributed by atoms with van der Waals surface area (Å²) in [7, 11) is 0. The molecule has 1 saturated heterocycles. The fraction of sp³-hybridized carbons (Fsp3) is 0.949. The highest BCUT2D eigenvalue weighted by Crippen LogP contribution is 2.67. The van der Waals surface area contributed by atoms with Gasteiger partial charge in [0.1, 0.15) is 23.7 Å². The van der Waals surface area contributed by atoms with Crippen molar-refractivity contribution >= 4 is 11.8 Å². The summed E-state index contributed by atoms with van der Waals surface area (Å²) in [6.45, 7) is 13.6. The van der Waals surface area contributed by atoms with E-state index in [0.717, 1.165) is 80.0 Å². The molecule has 7 heteroatoms. The van der Waals surface area contributed by atoms with Crippen LogP contribution in [0.2, 0.25) is 0 Å². The van der Waals surface area contributed by atoms with E-state index in [1.54, 1.807) is 5.57 Å². The van der Waals surface area contributed by atoms with Crippen LogP contribution in [0.25, 0.3) is 0 Å².